The fourth-order valence-corrected chi connectivity index (χ4v) is 3.32. The maximum atomic E-state index is 12.3. The van der Waals surface area contributed by atoms with Crippen LogP contribution in [-0.2, 0) is 6.54 Å². The molecule has 0 unspecified atom stereocenters. The van der Waals surface area contributed by atoms with Gasteiger partial charge in [-0.3, -0.25) is 14.8 Å². The van der Waals surface area contributed by atoms with Crippen LogP contribution < -0.4 is 10.1 Å². The molecule has 1 aromatic carbocycles. The third kappa shape index (κ3) is 3.56. The first-order valence-corrected chi connectivity index (χ1v) is 8.86. The smallest absolute Gasteiger partial charge is 0.277 e. The predicted molar refractivity (Wildman–Crippen MR) is 99.4 cm³/mol. The van der Waals surface area contributed by atoms with Crippen LogP contribution >= 0.6 is 11.3 Å². The van der Waals surface area contributed by atoms with Crippen molar-refractivity contribution in [2.45, 2.75) is 27.3 Å². The third-order valence-electron chi connectivity index (χ3n) is 3.93. The van der Waals surface area contributed by atoms with Crippen molar-refractivity contribution >= 4 is 22.4 Å². The highest BCUT2D eigenvalue weighted by atomic mass is 32.1. The molecular weight excluding hydrogens is 336 g/mol. The number of hydrogen-bond acceptors (Lipinski definition) is 5. The number of nitrogens with zero attached hydrogens (tertiary/aromatic N) is 3. The molecule has 3 rings (SSSR count). The molecular formula is C18H20N4O2S. The van der Waals surface area contributed by atoms with Crippen LogP contribution in [0.2, 0.25) is 0 Å². The number of aromatic nitrogens is 3. The highest BCUT2D eigenvalue weighted by Crippen LogP contribution is 2.28. The Morgan fingerprint density at radius 3 is 2.76 bits per heavy atom. The van der Waals surface area contributed by atoms with Crippen molar-refractivity contribution in [2.24, 2.45) is 0 Å². The number of carbonyl (C=O) groups excluding carboxylic acids is 1. The maximum absolute atomic E-state index is 12.3. The molecule has 7 heteroatoms. The first kappa shape index (κ1) is 17.2. The fraction of sp³-hybridized carbons (Fsp3) is 0.278. The number of rotatable bonds is 5. The largest absolute Gasteiger partial charge is 0.496 e. The van der Waals surface area contributed by atoms with Gasteiger partial charge in [-0.15, -0.1) is 11.3 Å². The number of aryl methyl sites for hydroxylation is 3. The van der Waals surface area contributed by atoms with Crippen molar-refractivity contribution in [3.8, 4) is 17.0 Å². The fourth-order valence-electron chi connectivity index (χ4n) is 2.60. The van der Waals surface area contributed by atoms with Gasteiger partial charge in [-0.05, 0) is 50.6 Å². The van der Waals surface area contributed by atoms with Crippen LogP contribution in [0.5, 0.6) is 5.75 Å². The number of anilines is 1. The predicted octanol–water partition coefficient (Wildman–Crippen LogP) is 3.90. The van der Waals surface area contributed by atoms with Crippen molar-refractivity contribution < 1.29 is 9.53 Å². The van der Waals surface area contributed by atoms with Gasteiger partial charge in [-0.25, -0.2) is 4.98 Å². The van der Waals surface area contributed by atoms with Crippen molar-refractivity contribution in [2.75, 3.05) is 12.4 Å². The minimum absolute atomic E-state index is 0.248. The zero-order chi connectivity index (χ0) is 18.0. The molecule has 0 fully saturated rings. The second kappa shape index (κ2) is 7.06. The molecule has 2 heterocycles. The van der Waals surface area contributed by atoms with E-state index in [0.29, 0.717) is 10.8 Å². The molecule has 0 saturated heterocycles. The van der Waals surface area contributed by atoms with Crippen LogP contribution in [0, 0.1) is 13.8 Å². The Kier molecular flexibility index (Phi) is 4.85. The molecule has 3 aromatic rings. The Hall–Kier alpha value is -2.67. The lowest BCUT2D eigenvalue weighted by atomic mass is 10.1. The lowest BCUT2D eigenvalue weighted by molar-refractivity contribution is 0.102. The zero-order valence-electron chi connectivity index (χ0n) is 14.7. The normalized spacial score (nSPS) is 10.7. The Morgan fingerprint density at radius 2 is 2.12 bits per heavy atom. The average molecular weight is 356 g/mol. The zero-order valence-corrected chi connectivity index (χ0v) is 15.5. The number of thiazole rings is 1. The number of ether oxygens (including phenoxy) is 1. The van der Waals surface area contributed by atoms with Crippen molar-refractivity contribution in [1.82, 2.24) is 14.8 Å². The summed E-state index contributed by atoms with van der Waals surface area (Å²) in [7, 11) is 1.65. The van der Waals surface area contributed by atoms with E-state index in [4.69, 9.17) is 4.74 Å². The van der Waals surface area contributed by atoms with E-state index in [9.17, 15) is 4.79 Å². The standard InChI is InChI=1S/C18H20N4O2S/c1-5-22-12(3)9-14(21-22)17(23)20-18-19-15(10-25-18)13-6-7-16(24-4)11(2)8-13/h6-10H,5H2,1-4H3,(H,19,20,23). The monoisotopic (exact) mass is 356 g/mol. The first-order valence-electron chi connectivity index (χ1n) is 7.98. The van der Waals surface area contributed by atoms with E-state index in [1.165, 1.54) is 11.3 Å². The number of nitrogens with one attached hydrogen (secondary N) is 1. The molecule has 0 aliphatic heterocycles. The van der Waals surface area contributed by atoms with E-state index in [0.717, 1.165) is 34.8 Å². The topological polar surface area (TPSA) is 69.0 Å². The van der Waals surface area contributed by atoms with E-state index in [1.807, 2.05) is 44.4 Å². The van der Waals surface area contributed by atoms with Gasteiger partial charge in [0.2, 0.25) is 0 Å². The van der Waals surface area contributed by atoms with Gasteiger partial charge in [-0.1, -0.05) is 0 Å². The minimum Gasteiger partial charge on any atom is -0.496 e. The lowest BCUT2D eigenvalue weighted by Gasteiger charge is -2.05. The van der Waals surface area contributed by atoms with Gasteiger partial charge in [0.25, 0.3) is 5.91 Å². The maximum Gasteiger partial charge on any atom is 0.277 e. The van der Waals surface area contributed by atoms with Gasteiger partial charge in [0.05, 0.1) is 12.8 Å². The first-order chi connectivity index (χ1) is 12.0. The molecule has 0 saturated carbocycles. The summed E-state index contributed by atoms with van der Waals surface area (Å²) in [4.78, 5) is 16.8. The Balaban J connectivity index is 1.77. The van der Waals surface area contributed by atoms with Crippen LogP contribution in [0.15, 0.2) is 29.6 Å². The summed E-state index contributed by atoms with van der Waals surface area (Å²) in [6.45, 7) is 6.65. The van der Waals surface area contributed by atoms with Gasteiger partial charge in [0.1, 0.15) is 5.75 Å². The average Bonchev–Trinajstić information content (AvgIpc) is 3.21. The van der Waals surface area contributed by atoms with E-state index in [1.54, 1.807) is 17.9 Å². The minimum atomic E-state index is -0.248. The van der Waals surface area contributed by atoms with E-state index in [-0.39, 0.29) is 5.91 Å². The molecule has 25 heavy (non-hydrogen) atoms. The Morgan fingerprint density at radius 1 is 1.32 bits per heavy atom. The number of amides is 1. The van der Waals surface area contributed by atoms with Crippen molar-refractivity contribution in [3.05, 3.63) is 46.6 Å². The Labute approximate surface area is 150 Å². The third-order valence-corrected chi connectivity index (χ3v) is 4.69. The Bertz CT molecular complexity index is 914. The molecule has 0 spiro atoms. The second-order valence-electron chi connectivity index (χ2n) is 5.66. The molecule has 0 aliphatic rings. The van der Waals surface area contributed by atoms with E-state index < -0.39 is 0 Å². The summed E-state index contributed by atoms with van der Waals surface area (Å²) in [6, 6.07) is 7.67. The van der Waals surface area contributed by atoms with Crippen LogP contribution in [0.25, 0.3) is 11.3 Å². The summed E-state index contributed by atoms with van der Waals surface area (Å²) in [5, 5.41) is 9.58. The SMILES string of the molecule is CCn1nc(C(=O)Nc2nc(-c3ccc(OC)c(C)c3)cs2)cc1C. The van der Waals surface area contributed by atoms with Gasteiger partial charge in [0, 0.05) is 23.2 Å². The van der Waals surface area contributed by atoms with Crippen molar-refractivity contribution in [3.63, 3.8) is 0 Å². The van der Waals surface area contributed by atoms with Gasteiger partial charge >= 0.3 is 0 Å². The van der Waals surface area contributed by atoms with Gasteiger partial charge in [0.15, 0.2) is 10.8 Å². The summed E-state index contributed by atoms with van der Waals surface area (Å²) in [6.07, 6.45) is 0. The number of methoxy groups -OCH3 is 1. The summed E-state index contributed by atoms with van der Waals surface area (Å²) < 4.78 is 7.07. The second-order valence-corrected chi connectivity index (χ2v) is 6.52. The molecule has 0 atom stereocenters. The van der Waals surface area contributed by atoms with Gasteiger partial charge in [-0.2, -0.15) is 5.10 Å². The van der Waals surface area contributed by atoms with Crippen LogP contribution in [-0.4, -0.2) is 27.8 Å². The van der Waals surface area contributed by atoms with Crippen LogP contribution in [0.4, 0.5) is 5.13 Å². The number of hydrogen-bond donors (Lipinski definition) is 1. The molecule has 2 aromatic heterocycles. The molecule has 1 N–H and O–H groups in total. The van der Waals surface area contributed by atoms with Crippen LogP contribution in [0.1, 0.15) is 28.7 Å². The highest BCUT2D eigenvalue weighted by Gasteiger charge is 2.14. The molecule has 0 radical (unpaired) electrons. The summed E-state index contributed by atoms with van der Waals surface area (Å²) in [5.41, 5.74) is 4.21. The van der Waals surface area contributed by atoms with Crippen molar-refractivity contribution in [1.29, 1.82) is 0 Å². The summed E-state index contributed by atoms with van der Waals surface area (Å²) in [5.74, 6) is 0.594. The quantitative estimate of drug-likeness (QED) is 0.753. The molecule has 130 valence electrons. The molecule has 1 amide bonds. The number of benzene rings is 1. The molecule has 0 aliphatic carbocycles. The van der Waals surface area contributed by atoms with E-state index >= 15 is 0 Å². The molecule has 6 nitrogen and oxygen atoms in total. The highest BCUT2D eigenvalue weighted by molar-refractivity contribution is 7.14. The van der Waals surface area contributed by atoms with Crippen LogP contribution in [0.3, 0.4) is 0 Å². The van der Waals surface area contributed by atoms with E-state index in [2.05, 4.69) is 15.4 Å². The summed E-state index contributed by atoms with van der Waals surface area (Å²) >= 11 is 1.39. The molecule has 0 bridgehead atoms. The lowest BCUT2D eigenvalue weighted by Crippen LogP contribution is -2.13. The van der Waals surface area contributed by atoms with Gasteiger partial charge < -0.3 is 4.74 Å². The number of carbonyl (C=O) groups is 1.